The standard InChI is InChI=1S/C18H38O2/c1-3-4-5-6-7-8-9-10-11-12-13-14-15-16-17(2)18(19)20/h17-20H,3-16H2,1-2H3. The van der Waals surface area contributed by atoms with E-state index in [9.17, 15) is 0 Å². The first-order chi connectivity index (χ1) is 9.68. The molecular formula is C18H38O2. The molecule has 0 fully saturated rings. The van der Waals surface area contributed by atoms with Crippen LogP contribution >= 0.6 is 0 Å². The van der Waals surface area contributed by atoms with Crippen LogP contribution in [0.2, 0.25) is 0 Å². The van der Waals surface area contributed by atoms with E-state index in [2.05, 4.69) is 6.92 Å². The Kier molecular flexibility index (Phi) is 15.3. The van der Waals surface area contributed by atoms with Crippen LogP contribution in [0.15, 0.2) is 0 Å². The molecule has 0 amide bonds. The van der Waals surface area contributed by atoms with E-state index in [0.29, 0.717) is 0 Å². The summed E-state index contributed by atoms with van der Waals surface area (Å²) < 4.78 is 0. The highest BCUT2D eigenvalue weighted by molar-refractivity contribution is 4.55. The SMILES string of the molecule is CCCCCCCCCCCCCCCC(C)C(O)O. The Morgan fingerprint density at radius 3 is 1.30 bits per heavy atom. The average molecular weight is 286 g/mol. The summed E-state index contributed by atoms with van der Waals surface area (Å²) in [6.45, 7) is 4.18. The van der Waals surface area contributed by atoms with Gasteiger partial charge in [-0.25, -0.2) is 0 Å². The van der Waals surface area contributed by atoms with Crippen LogP contribution in [0.25, 0.3) is 0 Å². The van der Waals surface area contributed by atoms with Gasteiger partial charge >= 0.3 is 0 Å². The molecule has 20 heavy (non-hydrogen) atoms. The third-order valence-corrected chi connectivity index (χ3v) is 4.27. The first kappa shape index (κ1) is 19.9. The summed E-state index contributed by atoms with van der Waals surface area (Å²) in [7, 11) is 0. The van der Waals surface area contributed by atoms with Crippen LogP contribution in [0.4, 0.5) is 0 Å². The number of rotatable bonds is 15. The zero-order chi connectivity index (χ0) is 15.1. The summed E-state index contributed by atoms with van der Waals surface area (Å²) in [5.41, 5.74) is 0. The van der Waals surface area contributed by atoms with Crippen molar-refractivity contribution in [3.05, 3.63) is 0 Å². The molecule has 2 N–H and O–H groups in total. The van der Waals surface area contributed by atoms with E-state index in [4.69, 9.17) is 10.2 Å². The quantitative estimate of drug-likeness (QED) is 0.312. The zero-order valence-corrected chi connectivity index (χ0v) is 13.9. The number of unbranched alkanes of at least 4 members (excludes halogenated alkanes) is 12. The van der Waals surface area contributed by atoms with Gasteiger partial charge in [0.05, 0.1) is 0 Å². The van der Waals surface area contributed by atoms with Gasteiger partial charge in [0.25, 0.3) is 0 Å². The maximum atomic E-state index is 8.97. The molecule has 0 spiro atoms. The second kappa shape index (κ2) is 15.3. The summed E-state index contributed by atoms with van der Waals surface area (Å²) in [5, 5.41) is 17.9. The first-order valence-electron chi connectivity index (χ1n) is 9.04. The van der Waals surface area contributed by atoms with Gasteiger partial charge in [-0.2, -0.15) is 0 Å². The van der Waals surface area contributed by atoms with Gasteiger partial charge in [-0.1, -0.05) is 97.3 Å². The second-order valence-electron chi connectivity index (χ2n) is 6.42. The van der Waals surface area contributed by atoms with Crippen molar-refractivity contribution >= 4 is 0 Å². The Morgan fingerprint density at radius 1 is 0.600 bits per heavy atom. The largest absolute Gasteiger partial charge is 0.368 e. The molecule has 2 heteroatoms. The van der Waals surface area contributed by atoms with Gasteiger partial charge in [-0.3, -0.25) is 0 Å². The van der Waals surface area contributed by atoms with Crippen LogP contribution in [-0.2, 0) is 0 Å². The van der Waals surface area contributed by atoms with Crippen LogP contribution < -0.4 is 0 Å². The normalized spacial score (nSPS) is 13.1. The molecule has 0 aliphatic carbocycles. The fraction of sp³-hybridized carbons (Fsp3) is 1.00. The minimum atomic E-state index is -1.13. The van der Waals surface area contributed by atoms with E-state index in [-0.39, 0.29) is 5.92 Å². The predicted molar refractivity (Wildman–Crippen MR) is 87.7 cm³/mol. The molecule has 122 valence electrons. The summed E-state index contributed by atoms with van der Waals surface area (Å²) in [5.74, 6) is 0.0303. The molecule has 0 aliphatic rings. The summed E-state index contributed by atoms with van der Waals surface area (Å²) in [4.78, 5) is 0. The van der Waals surface area contributed by atoms with E-state index in [1.165, 1.54) is 77.0 Å². The Hall–Kier alpha value is -0.0800. The number of hydrogen-bond donors (Lipinski definition) is 2. The van der Waals surface area contributed by atoms with Crippen LogP contribution in [0.5, 0.6) is 0 Å². The fourth-order valence-electron chi connectivity index (χ4n) is 2.63. The molecule has 0 aromatic carbocycles. The maximum absolute atomic E-state index is 8.97. The van der Waals surface area contributed by atoms with Crippen LogP contribution in [0.1, 0.15) is 104 Å². The van der Waals surface area contributed by atoms with Crippen molar-refractivity contribution in [3.63, 3.8) is 0 Å². The lowest BCUT2D eigenvalue weighted by atomic mass is 10.0. The fourth-order valence-corrected chi connectivity index (χ4v) is 2.63. The number of aliphatic hydroxyl groups is 2. The van der Waals surface area contributed by atoms with E-state index >= 15 is 0 Å². The summed E-state index contributed by atoms with van der Waals surface area (Å²) in [6.07, 6.45) is 17.5. The van der Waals surface area contributed by atoms with Gasteiger partial charge in [-0.05, 0) is 6.42 Å². The third-order valence-electron chi connectivity index (χ3n) is 4.27. The molecule has 0 heterocycles. The molecular weight excluding hydrogens is 248 g/mol. The van der Waals surface area contributed by atoms with Gasteiger partial charge in [0.1, 0.15) is 0 Å². The Balaban J connectivity index is 3.03. The van der Waals surface area contributed by atoms with Gasteiger partial charge in [0.15, 0.2) is 6.29 Å². The molecule has 2 nitrogen and oxygen atoms in total. The van der Waals surface area contributed by atoms with Gasteiger partial charge in [0.2, 0.25) is 0 Å². The van der Waals surface area contributed by atoms with Crippen LogP contribution in [0, 0.1) is 5.92 Å². The Morgan fingerprint density at radius 2 is 0.950 bits per heavy atom. The highest BCUT2D eigenvalue weighted by Crippen LogP contribution is 2.15. The number of hydrogen-bond acceptors (Lipinski definition) is 2. The molecule has 0 radical (unpaired) electrons. The molecule has 0 aliphatic heterocycles. The Bertz CT molecular complexity index is 180. The van der Waals surface area contributed by atoms with Crippen molar-refractivity contribution in [2.24, 2.45) is 5.92 Å². The second-order valence-corrected chi connectivity index (χ2v) is 6.42. The molecule has 1 atom stereocenters. The highest BCUT2D eigenvalue weighted by Gasteiger charge is 2.08. The molecule has 0 bridgehead atoms. The molecule has 0 rings (SSSR count). The summed E-state index contributed by atoms with van der Waals surface area (Å²) in [6, 6.07) is 0. The van der Waals surface area contributed by atoms with E-state index in [1.807, 2.05) is 6.92 Å². The van der Waals surface area contributed by atoms with Crippen molar-refractivity contribution in [2.75, 3.05) is 0 Å². The van der Waals surface area contributed by atoms with Gasteiger partial charge < -0.3 is 10.2 Å². The molecule has 0 aromatic rings. The lowest BCUT2D eigenvalue weighted by molar-refractivity contribution is -0.0808. The molecule has 1 unspecified atom stereocenters. The first-order valence-corrected chi connectivity index (χ1v) is 9.04. The van der Waals surface area contributed by atoms with Crippen molar-refractivity contribution < 1.29 is 10.2 Å². The predicted octanol–water partition coefficient (Wildman–Crippen LogP) is 5.41. The summed E-state index contributed by atoms with van der Waals surface area (Å²) >= 11 is 0. The zero-order valence-electron chi connectivity index (χ0n) is 13.9. The van der Waals surface area contributed by atoms with Crippen LogP contribution in [-0.4, -0.2) is 16.5 Å². The van der Waals surface area contributed by atoms with Gasteiger partial charge in [0, 0.05) is 5.92 Å². The van der Waals surface area contributed by atoms with E-state index < -0.39 is 6.29 Å². The number of aliphatic hydroxyl groups excluding tert-OH is 1. The molecule has 0 saturated carbocycles. The lowest BCUT2D eigenvalue weighted by Gasteiger charge is -2.12. The van der Waals surface area contributed by atoms with Gasteiger partial charge in [-0.15, -0.1) is 0 Å². The maximum Gasteiger partial charge on any atom is 0.154 e. The minimum absolute atomic E-state index is 0.0303. The van der Waals surface area contributed by atoms with Crippen molar-refractivity contribution in [2.45, 2.75) is 110 Å². The smallest absolute Gasteiger partial charge is 0.154 e. The van der Waals surface area contributed by atoms with Crippen molar-refractivity contribution in [3.8, 4) is 0 Å². The topological polar surface area (TPSA) is 40.5 Å². The Labute approximate surface area is 127 Å². The molecule has 0 aromatic heterocycles. The van der Waals surface area contributed by atoms with Crippen molar-refractivity contribution in [1.29, 1.82) is 0 Å². The van der Waals surface area contributed by atoms with Crippen LogP contribution in [0.3, 0.4) is 0 Å². The third kappa shape index (κ3) is 14.3. The minimum Gasteiger partial charge on any atom is -0.368 e. The van der Waals surface area contributed by atoms with E-state index in [0.717, 1.165) is 12.8 Å². The highest BCUT2D eigenvalue weighted by atomic mass is 16.5. The monoisotopic (exact) mass is 286 g/mol. The van der Waals surface area contributed by atoms with E-state index in [1.54, 1.807) is 0 Å². The molecule has 0 saturated heterocycles. The van der Waals surface area contributed by atoms with Crippen molar-refractivity contribution in [1.82, 2.24) is 0 Å². The lowest BCUT2D eigenvalue weighted by Crippen LogP contribution is -2.15. The average Bonchev–Trinajstić information content (AvgIpc) is 2.43.